The zero-order chi connectivity index (χ0) is 12.9. The number of rotatable bonds is 4. The molecule has 0 aromatic heterocycles. The molecule has 2 amide bonds. The maximum atomic E-state index is 12.3. The molecule has 3 fully saturated rings. The number of hydrogen-bond donors (Lipinski definition) is 1. The van der Waals surface area contributed by atoms with E-state index in [-0.39, 0.29) is 29.7 Å². The quantitative estimate of drug-likeness (QED) is 0.761. The molecule has 18 heavy (non-hydrogen) atoms. The normalized spacial score (nSPS) is 37.2. The van der Waals surface area contributed by atoms with Crippen LogP contribution in [-0.2, 0) is 9.59 Å². The fraction of sp³-hybridized carbons (Fsp3) is 0.857. The number of hydrogen-bond acceptors (Lipinski definition) is 3. The van der Waals surface area contributed by atoms with Crippen LogP contribution in [0, 0.1) is 23.7 Å². The van der Waals surface area contributed by atoms with Crippen LogP contribution < -0.4 is 5.73 Å². The zero-order valence-corrected chi connectivity index (χ0v) is 11.0. The second-order valence-corrected chi connectivity index (χ2v) is 6.25. The van der Waals surface area contributed by atoms with Gasteiger partial charge in [0.1, 0.15) is 0 Å². The Morgan fingerprint density at radius 1 is 1.22 bits per heavy atom. The average molecular weight is 250 g/mol. The minimum absolute atomic E-state index is 0.00120. The lowest BCUT2D eigenvalue weighted by molar-refractivity contribution is -0.140. The first-order chi connectivity index (χ1) is 8.61. The van der Waals surface area contributed by atoms with E-state index in [1.54, 1.807) is 0 Å². The number of likely N-dealkylation sites (tertiary alicyclic amines) is 1. The molecule has 2 N–H and O–H groups in total. The molecule has 0 bridgehead atoms. The molecule has 0 aromatic carbocycles. The van der Waals surface area contributed by atoms with Gasteiger partial charge in [0.05, 0.1) is 11.8 Å². The van der Waals surface area contributed by atoms with E-state index in [9.17, 15) is 9.59 Å². The lowest BCUT2D eigenvalue weighted by atomic mass is 10.00. The molecular weight excluding hydrogens is 228 g/mol. The monoisotopic (exact) mass is 250 g/mol. The third-order valence-corrected chi connectivity index (χ3v) is 5.02. The molecule has 1 saturated heterocycles. The second kappa shape index (κ2) is 4.34. The first-order valence-corrected chi connectivity index (χ1v) is 7.22. The van der Waals surface area contributed by atoms with Crippen LogP contribution in [0.25, 0.3) is 0 Å². The minimum atomic E-state index is -0.0335. The Morgan fingerprint density at radius 3 is 2.22 bits per heavy atom. The van der Waals surface area contributed by atoms with Crippen LogP contribution in [0.4, 0.5) is 0 Å². The molecule has 4 nitrogen and oxygen atoms in total. The zero-order valence-electron chi connectivity index (χ0n) is 11.0. The predicted octanol–water partition coefficient (Wildman–Crippen LogP) is 1.14. The summed E-state index contributed by atoms with van der Waals surface area (Å²) in [5.41, 5.74) is 6.04. The number of carbonyl (C=O) groups excluding carboxylic acids is 2. The van der Waals surface area contributed by atoms with Crippen molar-refractivity contribution in [3.63, 3.8) is 0 Å². The average Bonchev–Trinajstić information content (AvgIpc) is 3.09. The van der Waals surface area contributed by atoms with Gasteiger partial charge in [0.25, 0.3) is 0 Å². The molecule has 3 unspecified atom stereocenters. The van der Waals surface area contributed by atoms with E-state index in [1.807, 2.05) is 0 Å². The minimum Gasteiger partial charge on any atom is -0.326 e. The Bertz CT molecular complexity index is 354. The summed E-state index contributed by atoms with van der Waals surface area (Å²) in [7, 11) is 0. The number of nitrogens with zero attached hydrogens (tertiary/aromatic N) is 1. The van der Waals surface area contributed by atoms with Gasteiger partial charge in [-0.05, 0) is 37.5 Å². The third kappa shape index (κ3) is 1.87. The summed E-state index contributed by atoms with van der Waals surface area (Å²) in [6.45, 7) is 2.59. The number of fused-ring (bicyclic) bond motifs is 1. The van der Waals surface area contributed by atoms with Crippen molar-refractivity contribution in [1.29, 1.82) is 0 Å². The number of amides is 2. The highest BCUT2D eigenvalue weighted by Crippen LogP contribution is 2.44. The fourth-order valence-corrected chi connectivity index (χ4v) is 3.60. The Hall–Kier alpha value is -0.900. The molecule has 3 aliphatic rings. The Labute approximate surface area is 108 Å². The highest BCUT2D eigenvalue weighted by Gasteiger charge is 2.52. The van der Waals surface area contributed by atoms with Crippen LogP contribution in [0.1, 0.15) is 39.0 Å². The molecule has 2 aliphatic carbocycles. The second-order valence-electron chi connectivity index (χ2n) is 6.25. The van der Waals surface area contributed by atoms with Crippen LogP contribution in [0.5, 0.6) is 0 Å². The lowest BCUT2D eigenvalue weighted by Gasteiger charge is -2.21. The largest absolute Gasteiger partial charge is 0.326 e. The number of carbonyl (C=O) groups is 2. The molecule has 2 saturated carbocycles. The molecule has 1 aliphatic heterocycles. The number of imide groups is 1. The topological polar surface area (TPSA) is 63.4 Å². The summed E-state index contributed by atoms with van der Waals surface area (Å²) in [6.07, 6.45) is 5.20. The van der Waals surface area contributed by atoms with Crippen molar-refractivity contribution in [1.82, 2.24) is 4.90 Å². The predicted molar refractivity (Wildman–Crippen MR) is 67.4 cm³/mol. The molecule has 0 spiro atoms. The van der Waals surface area contributed by atoms with Gasteiger partial charge < -0.3 is 5.73 Å². The first-order valence-electron chi connectivity index (χ1n) is 7.22. The highest BCUT2D eigenvalue weighted by atomic mass is 16.2. The van der Waals surface area contributed by atoms with Crippen LogP contribution in [0.3, 0.4) is 0 Å². The molecule has 4 heteroatoms. The first kappa shape index (κ1) is 12.2. The van der Waals surface area contributed by atoms with Crippen molar-refractivity contribution < 1.29 is 9.59 Å². The standard InChI is InChI=1S/C14H22N2O2/c1-2-8-5-10-11(6-8)14(18)16(13(10)17)7-12(15)9-3-4-9/h8-12H,2-7,15H2,1H3. The van der Waals surface area contributed by atoms with E-state index >= 15 is 0 Å². The van der Waals surface area contributed by atoms with Gasteiger partial charge in [0.15, 0.2) is 0 Å². The lowest BCUT2D eigenvalue weighted by Crippen LogP contribution is -2.43. The van der Waals surface area contributed by atoms with Gasteiger partial charge in [-0.15, -0.1) is 0 Å². The molecule has 0 radical (unpaired) electrons. The SMILES string of the molecule is CCC1CC2C(=O)N(CC(N)C3CC3)C(=O)C2C1. The van der Waals surface area contributed by atoms with Crippen LogP contribution in [0.2, 0.25) is 0 Å². The summed E-state index contributed by atoms with van der Waals surface area (Å²) in [5.74, 6) is 1.14. The highest BCUT2D eigenvalue weighted by molar-refractivity contribution is 6.05. The maximum absolute atomic E-state index is 12.3. The molecule has 100 valence electrons. The van der Waals surface area contributed by atoms with E-state index in [0.717, 1.165) is 32.1 Å². The van der Waals surface area contributed by atoms with Crippen LogP contribution >= 0.6 is 0 Å². The van der Waals surface area contributed by atoms with E-state index < -0.39 is 0 Å². The molecular formula is C14H22N2O2. The van der Waals surface area contributed by atoms with Gasteiger partial charge in [0.2, 0.25) is 11.8 Å². The maximum Gasteiger partial charge on any atom is 0.233 e. The molecule has 3 rings (SSSR count). The van der Waals surface area contributed by atoms with E-state index in [0.29, 0.717) is 18.4 Å². The van der Waals surface area contributed by atoms with E-state index in [4.69, 9.17) is 5.73 Å². The third-order valence-electron chi connectivity index (χ3n) is 5.02. The summed E-state index contributed by atoms with van der Waals surface area (Å²) in [4.78, 5) is 26.0. The Balaban J connectivity index is 1.68. The Kier molecular flexibility index (Phi) is 2.93. The van der Waals surface area contributed by atoms with Crippen molar-refractivity contribution in [2.24, 2.45) is 29.4 Å². The van der Waals surface area contributed by atoms with Gasteiger partial charge in [0, 0.05) is 12.6 Å². The van der Waals surface area contributed by atoms with Crippen molar-refractivity contribution >= 4 is 11.8 Å². The van der Waals surface area contributed by atoms with Crippen LogP contribution in [0.15, 0.2) is 0 Å². The summed E-state index contributed by atoms with van der Waals surface area (Å²) in [5, 5.41) is 0. The Morgan fingerprint density at radius 2 is 1.78 bits per heavy atom. The van der Waals surface area contributed by atoms with Gasteiger partial charge in [-0.1, -0.05) is 13.3 Å². The summed E-state index contributed by atoms with van der Waals surface area (Å²) in [6, 6.07) is -0.00120. The van der Waals surface area contributed by atoms with E-state index in [2.05, 4.69) is 6.92 Å². The van der Waals surface area contributed by atoms with Crippen molar-refractivity contribution in [2.75, 3.05) is 6.54 Å². The van der Waals surface area contributed by atoms with Gasteiger partial charge >= 0.3 is 0 Å². The van der Waals surface area contributed by atoms with Crippen molar-refractivity contribution in [3.05, 3.63) is 0 Å². The summed E-state index contributed by atoms with van der Waals surface area (Å²) >= 11 is 0. The van der Waals surface area contributed by atoms with E-state index in [1.165, 1.54) is 4.90 Å². The van der Waals surface area contributed by atoms with Crippen molar-refractivity contribution in [3.8, 4) is 0 Å². The molecule has 0 aromatic rings. The van der Waals surface area contributed by atoms with Crippen molar-refractivity contribution in [2.45, 2.75) is 45.1 Å². The molecule has 1 heterocycles. The smallest absolute Gasteiger partial charge is 0.233 e. The number of nitrogens with two attached hydrogens (primary N) is 1. The van der Waals surface area contributed by atoms with Gasteiger partial charge in [-0.25, -0.2) is 0 Å². The fourth-order valence-electron chi connectivity index (χ4n) is 3.60. The van der Waals surface area contributed by atoms with Crippen LogP contribution in [-0.4, -0.2) is 29.3 Å². The van der Waals surface area contributed by atoms with Gasteiger partial charge in [-0.2, -0.15) is 0 Å². The molecule has 3 atom stereocenters. The summed E-state index contributed by atoms with van der Waals surface area (Å²) < 4.78 is 0. The van der Waals surface area contributed by atoms with Gasteiger partial charge in [-0.3, -0.25) is 14.5 Å².